The Morgan fingerprint density at radius 2 is 1.59 bits per heavy atom. The van der Waals surface area contributed by atoms with Crippen LogP contribution in [0, 0.1) is 5.82 Å². The van der Waals surface area contributed by atoms with E-state index in [0.29, 0.717) is 34.6 Å². The van der Waals surface area contributed by atoms with E-state index in [4.69, 9.17) is 9.72 Å². The first-order valence-corrected chi connectivity index (χ1v) is 12.7. The van der Waals surface area contributed by atoms with Crippen LogP contribution >= 0.6 is 0 Å². The van der Waals surface area contributed by atoms with E-state index in [-0.39, 0.29) is 17.7 Å². The van der Waals surface area contributed by atoms with Gasteiger partial charge in [-0.1, -0.05) is 66.7 Å². The maximum absolute atomic E-state index is 14.8. The summed E-state index contributed by atoms with van der Waals surface area (Å²) < 4.78 is 21.9. The molecule has 0 bridgehead atoms. The summed E-state index contributed by atoms with van der Waals surface area (Å²) in [7, 11) is 1.54. The van der Waals surface area contributed by atoms with Gasteiger partial charge in [-0.25, -0.2) is 9.37 Å². The number of para-hydroxylation sites is 3. The molecule has 0 aliphatic carbocycles. The fraction of sp³-hybridized carbons (Fsp3) is 0.156. The number of ether oxygens (including phenoxy) is 1. The molecule has 0 spiro atoms. The maximum atomic E-state index is 14.8. The fourth-order valence-corrected chi connectivity index (χ4v) is 4.77. The van der Waals surface area contributed by atoms with Gasteiger partial charge in [0.2, 0.25) is 0 Å². The van der Waals surface area contributed by atoms with E-state index in [1.165, 1.54) is 23.8 Å². The lowest BCUT2D eigenvalue weighted by Gasteiger charge is -2.31. The smallest absolute Gasteiger partial charge is 0.266 e. The van der Waals surface area contributed by atoms with Crippen LogP contribution < -0.4 is 10.3 Å². The molecule has 7 heteroatoms. The largest absolute Gasteiger partial charge is 0.495 e. The zero-order valence-electron chi connectivity index (χ0n) is 21.8. The highest BCUT2D eigenvalue weighted by Gasteiger charge is 2.29. The highest BCUT2D eigenvalue weighted by atomic mass is 19.1. The number of benzene rings is 4. The van der Waals surface area contributed by atoms with E-state index in [1.807, 2.05) is 55.5 Å². The summed E-state index contributed by atoms with van der Waals surface area (Å²) in [6.45, 7) is 2.10. The Morgan fingerprint density at radius 3 is 2.36 bits per heavy atom. The van der Waals surface area contributed by atoms with Crippen LogP contribution in [0.3, 0.4) is 0 Å². The van der Waals surface area contributed by atoms with Crippen LogP contribution in [0.1, 0.15) is 34.7 Å². The average Bonchev–Trinajstić information content (AvgIpc) is 2.98. The Morgan fingerprint density at radius 1 is 0.923 bits per heavy atom. The fourth-order valence-electron chi connectivity index (χ4n) is 4.77. The number of halogens is 1. The van der Waals surface area contributed by atoms with Crippen molar-refractivity contribution in [2.45, 2.75) is 19.4 Å². The molecule has 0 fully saturated rings. The molecule has 1 aromatic heterocycles. The molecule has 1 unspecified atom stereocenters. The summed E-state index contributed by atoms with van der Waals surface area (Å²) in [6.07, 6.45) is 0.540. The van der Waals surface area contributed by atoms with Gasteiger partial charge in [-0.2, -0.15) is 0 Å². The van der Waals surface area contributed by atoms with Crippen molar-refractivity contribution >= 4 is 16.8 Å². The monoisotopic (exact) mass is 521 g/mol. The molecule has 0 radical (unpaired) electrons. The number of rotatable bonds is 8. The molecular weight excluding hydrogens is 493 g/mol. The van der Waals surface area contributed by atoms with Crippen LogP contribution in [0.5, 0.6) is 5.75 Å². The van der Waals surface area contributed by atoms with E-state index < -0.39 is 17.8 Å². The molecule has 5 rings (SSSR count). The molecule has 0 aliphatic heterocycles. The summed E-state index contributed by atoms with van der Waals surface area (Å²) in [4.78, 5) is 34.2. The van der Waals surface area contributed by atoms with Gasteiger partial charge < -0.3 is 9.64 Å². The average molecular weight is 522 g/mol. The first-order chi connectivity index (χ1) is 19.0. The minimum Gasteiger partial charge on any atom is -0.495 e. The molecular formula is C32H28FN3O3. The van der Waals surface area contributed by atoms with Gasteiger partial charge in [-0.15, -0.1) is 0 Å². The van der Waals surface area contributed by atoms with Gasteiger partial charge >= 0.3 is 0 Å². The minimum atomic E-state index is -0.692. The lowest BCUT2D eigenvalue weighted by atomic mass is 10.1. The van der Waals surface area contributed by atoms with E-state index in [1.54, 1.807) is 47.4 Å². The zero-order valence-corrected chi connectivity index (χ0v) is 21.8. The van der Waals surface area contributed by atoms with Crippen LogP contribution in [-0.2, 0) is 6.42 Å². The van der Waals surface area contributed by atoms with Crippen molar-refractivity contribution in [1.82, 2.24) is 14.5 Å². The lowest BCUT2D eigenvalue weighted by Crippen LogP contribution is -2.39. The first kappa shape index (κ1) is 25.9. The summed E-state index contributed by atoms with van der Waals surface area (Å²) in [5.74, 6) is -0.249. The third-order valence-corrected chi connectivity index (χ3v) is 6.82. The van der Waals surface area contributed by atoms with E-state index >= 15 is 0 Å². The predicted octanol–water partition coefficient (Wildman–Crippen LogP) is 5.98. The summed E-state index contributed by atoms with van der Waals surface area (Å²) in [5.41, 5.74) is 1.73. The van der Waals surface area contributed by atoms with E-state index in [9.17, 15) is 14.0 Å². The molecule has 0 saturated heterocycles. The number of hydrogen-bond donors (Lipinski definition) is 0. The Hall–Kier alpha value is -4.78. The van der Waals surface area contributed by atoms with Gasteiger partial charge in [0.1, 0.15) is 17.4 Å². The number of hydrogen-bond acceptors (Lipinski definition) is 4. The van der Waals surface area contributed by atoms with Crippen LogP contribution in [0.25, 0.3) is 16.6 Å². The number of carbonyl (C=O) groups is 1. The Labute approximate surface area is 225 Å². The molecule has 4 aromatic carbocycles. The summed E-state index contributed by atoms with van der Waals surface area (Å²) >= 11 is 0. The summed E-state index contributed by atoms with van der Waals surface area (Å²) in [5, 5.41) is 0.440. The second-order valence-corrected chi connectivity index (χ2v) is 9.19. The summed E-state index contributed by atoms with van der Waals surface area (Å²) in [6, 6.07) is 29.3. The molecule has 6 nitrogen and oxygen atoms in total. The standard InChI is InChI=1S/C32H28FN3O3/c1-22(35(21-20-23-12-4-3-5-13-23)31(37)24-14-6-8-16-26(24)33)30-34-27-17-9-7-15-25(27)32(38)36(30)28-18-10-11-19-29(28)39-2/h3-19,22H,20-21H2,1-2H3. The van der Waals surface area contributed by atoms with Crippen molar-refractivity contribution in [2.75, 3.05) is 13.7 Å². The molecule has 1 heterocycles. The first-order valence-electron chi connectivity index (χ1n) is 12.7. The van der Waals surface area contributed by atoms with Gasteiger partial charge in [-0.05, 0) is 55.3 Å². The molecule has 1 atom stereocenters. The van der Waals surface area contributed by atoms with Crippen molar-refractivity contribution in [3.8, 4) is 11.4 Å². The molecule has 196 valence electrons. The molecule has 5 aromatic rings. The Kier molecular flexibility index (Phi) is 7.50. The van der Waals surface area contributed by atoms with Gasteiger partial charge in [-0.3, -0.25) is 14.2 Å². The van der Waals surface area contributed by atoms with Crippen molar-refractivity contribution in [2.24, 2.45) is 0 Å². The third kappa shape index (κ3) is 5.16. The number of carbonyl (C=O) groups excluding carboxylic acids is 1. The molecule has 0 saturated carbocycles. The molecule has 0 N–H and O–H groups in total. The maximum Gasteiger partial charge on any atom is 0.266 e. The topological polar surface area (TPSA) is 64.4 Å². The van der Waals surface area contributed by atoms with Crippen molar-refractivity contribution in [3.63, 3.8) is 0 Å². The number of methoxy groups -OCH3 is 1. The second-order valence-electron chi connectivity index (χ2n) is 9.19. The second kappa shape index (κ2) is 11.3. The minimum absolute atomic E-state index is 0.0376. The van der Waals surface area contributed by atoms with Crippen LogP contribution in [0.4, 0.5) is 4.39 Å². The molecule has 39 heavy (non-hydrogen) atoms. The normalized spacial score (nSPS) is 11.8. The zero-order chi connectivity index (χ0) is 27.4. The molecule has 1 amide bonds. The van der Waals surface area contributed by atoms with Gasteiger partial charge in [0.15, 0.2) is 0 Å². The van der Waals surface area contributed by atoms with Crippen LogP contribution in [0.15, 0.2) is 108 Å². The highest BCUT2D eigenvalue weighted by Crippen LogP contribution is 2.29. The van der Waals surface area contributed by atoms with E-state index in [0.717, 1.165) is 5.56 Å². The number of amides is 1. The van der Waals surface area contributed by atoms with Gasteiger partial charge in [0.05, 0.1) is 35.3 Å². The van der Waals surface area contributed by atoms with Gasteiger partial charge in [0.25, 0.3) is 11.5 Å². The Bertz CT molecular complexity index is 1680. The third-order valence-electron chi connectivity index (χ3n) is 6.82. The molecule has 0 aliphatic rings. The number of nitrogens with zero attached hydrogens (tertiary/aromatic N) is 3. The van der Waals surface area contributed by atoms with Crippen LogP contribution in [-0.4, -0.2) is 34.0 Å². The van der Waals surface area contributed by atoms with E-state index in [2.05, 4.69) is 0 Å². The SMILES string of the molecule is COc1ccccc1-n1c(C(C)N(CCc2ccccc2)C(=O)c2ccccc2F)nc2ccccc2c1=O. The lowest BCUT2D eigenvalue weighted by molar-refractivity contribution is 0.0679. The quantitative estimate of drug-likeness (QED) is 0.252. The van der Waals surface area contributed by atoms with Crippen LogP contribution in [0.2, 0.25) is 0 Å². The van der Waals surface area contributed by atoms with Crippen molar-refractivity contribution < 1.29 is 13.9 Å². The van der Waals surface area contributed by atoms with Gasteiger partial charge in [0, 0.05) is 6.54 Å². The number of aromatic nitrogens is 2. The predicted molar refractivity (Wildman–Crippen MR) is 150 cm³/mol. The van der Waals surface area contributed by atoms with Crippen molar-refractivity contribution in [1.29, 1.82) is 0 Å². The van der Waals surface area contributed by atoms with Crippen molar-refractivity contribution in [3.05, 3.63) is 136 Å². The highest BCUT2D eigenvalue weighted by molar-refractivity contribution is 5.94. The number of fused-ring (bicyclic) bond motifs is 1. The Balaban J connectivity index is 1.69.